The zero-order valence-corrected chi connectivity index (χ0v) is 28.9. The van der Waals surface area contributed by atoms with Crippen molar-refractivity contribution in [3.8, 4) is 39.1 Å². The highest BCUT2D eigenvalue weighted by atomic mass is 15.1. The Bertz CT molecular complexity index is 5230. The number of aromatic nitrogens is 1. The Kier molecular flexibility index (Phi) is 3.08. The second-order valence-corrected chi connectivity index (χ2v) is 12.0. The van der Waals surface area contributed by atoms with E-state index < -0.39 is 329 Å². The van der Waals surface area contributed by atoms with Gasteiger partial charge in [0, 0.05) is 33.4 Å². The molecule has 0 amide bonds. The van der Waals surface area contributed by atoms with Gasteiger partial charge in [-0.05, 0) is 104 Å². The molecule has 0 unspecified atom stereocenters. The van der Waals surface area contributed by atoms with E-state index in [2.05, 4.69) is 0 Å². The van der Waals surface area contributed by atoms with Crippen LogP contribution in [-0.2, 0) is 0 Å². The fourth-order valence-corrected chi connectivity index (χ4v) is 6.42. The minimum absolute atomic E-state index is 0.194. The average Bonchev–Trinajstić information content (AvgIpc) is 1.40. The van der Waals surface area contributed by atoms with Gasteiger partial charge in [-0.3, -0.25) is 0 Å². The number of para-hydroxylation sites is 3. The summed E-state index contributed by atoms with van der Waals surface area (Å²) in [6.07, 6.45) is 0. The van der Waals surface area contributed by atoms with E-state index in [9.17, 15) is 23.3 Å². The van der Waals surface area contributed by atoms with Crippen molar-refractivity contribution in [1.82, 2.24) is 4.57 Å². The van der Waals surface area contributed by atoms with Crippen LogP contribution in [0.4, 0.5) is 17.1 Å². The molecule has 0 bridgehead atoms. The van der Waals surface area contributed by atoms with Crippen molar-refractivity contribution in [2.24, 2.45) is 0 Å². The summed E-state index contributed by atoms with van der Waals surface area (Å²) >= 11 is 0. The van der Waals surface area contributed by atoms with Crippen LogP contribution in [-0.4, -0.2) is 4.57 Å². The van der Waals surface area contributed by atoms with Crippen LogP contribution < -0.4 is 4.90 Å². The minimum atomic E-state index is -1.47. The number of rotatable bonds is 7. The van der Waals surface area contributed by atoms with Crippen molar-refractivity contribution < 1.29 is 52.1 Å². The van der Waals surface area contributed by atoms with E-state index in [4.69, 9.17) is 28.8 Å². The highest BCUT2D eigenvalue weighted by Crippen LogP contribution is 2.46. The van der Waals surface area contributed by atoms with E-state index in [0.717, 1.165) is 0 Å². The fraction of sp³-hybridized carbons (Fsp3) is 0. The normalized spacial score (nSPS) is 20.6. The molecule has 0 aliphatic rings. The predicted octanol–water partition coefficient (Wildman–Crippen LogP) is 15.6. The maximum Gasteiger partial charge on any atom is 0.0645 e. The second-order valence-electron chi connectivity index (χ2n) is 12.0. The first-order valence-electron chi connectivity index (χ1n) is 35.8. The third kappa shape index (κ3) is 5.66. The smallest absolute Gasteiger partial charge is 0.0645 e. The minimum Gasteiger partial charge on any atom is -0.310 e. The quantitative estimate of drug-likeness (QED) is 0.156. The highest BCUT2D eigenvalue weighted by Gasteiger charge is 2.22. The Hall–Kier alpha value is -7.68. The summed E-state index contributed by atoms with van der Waals surface area (Å²) < 4.78 is 349. The molecule has 58 heavy (non-hydrogen) atoms. The summed E-state index contributed by atoms with van der Waals surface area (Å²) in [5, 5.41) is -4.74. The zero-order valence-electron chi connectivity index (χ0n) is 66.9. The second kappa shape index (κ2) is 14.1. The lowest BCUT2D eigenvalue weighted by Crippen LogP contribution is -2.11. The number of nitrogens with zero attached hydrogens (tertiary/aromatic N) is 2. The van der Waals surface area contributed by atoms with Crippen LogP contribution in [0.15, 0.2) is 230 Å². The van der Waals surface area contributed by atoms with Gasteiger partial charge in [0.25, 0.3) is 0 Å². The molecule has 0 N–H and O–H groups in total. The lowest BCUT2D eigenvalue weighted by Gasteiger charge is -2.28. The van der Waals surface area contributed by atoms with Crippen molar-refractivity contribution >= 4 is 60.4 Å². The van der Waals surface area contributed by atoms with Gasteiger partial charge in [-0.2, -0.15) is 0 Å². The standard InChI is InChI=1S/C56H38N2/c1-2-19-43(20-3-1)58-54-29-11-9-24-52(54)56-51(27-14-30-55(56)58)50-23-8-10-28-53(50)57(44-35-31-41(32-36-44)48-25-12-17-39-15-4-6-21-46(39)48)45-37-33-42(34-38-45)49-26-13-18-40-16-5-7-22-47(40)49/h1-38H/i1D,2D,3D,4D,5D,6D,7D,8D,9D,10D,11D,12D,13D,14D,15D,16D,17D,18D,19D,20D,21D,22D,23D,24D,25D,26D,27D,28D,29D,30D,31D,32D,33D,34D,35D,36D,37D,38D. The molecule has 0 fully saturated rings. The van der Waals surface area contributed by atoms with Gasteiger partial charge in [0.2, 0.25) is 0 Å². The molecule has 11 rings (SSSR count). The summed E-state index contributed by atoms with van der Waals surface area (Å²) in [4.78, 5) is 0.194. The molecule has 2 heteroatoms. The number of benzene rings is 10. The van der Waals surface area contributed by atoms with Gasteiger partial charge in [0.05, 0.1) is 68.8 Å². The maximum atomic E-state index is 9.96. The Balaban J connectivity index is 1.42. The molecule has 1 heterocycles. The number of anilines is 3. The molecule has 0 radical (unpaired) electrons. The van der Waals surface area contributed by atoms with Crippen LogP contribution in [0, 0.1) is 0 Å². The first-order chi connectivity index (χ1) is 44.6. The highest BCUT2D eigenvalue weighted by molar-refractivity contribution is 6.17. The molecule has 0 atom stereocenters. The lowest BCUT2D eigenvalue weighted by atomic mass is 9.95. The number of fused-ring (bicyclic) bond motifs is 5. The van der Waals surface area contributed by atoms with Crippen LogP contribution >= 0.6 is 0 Å². The Labute approximate surface area is 391 Å². The molecule has 1 aromatic heterocycles. The largest absolute Gasteiger partial charge is 0.310 e. The van der Waals surface area contributed by atoms with E-state index >= 15 is 0 Å². The van der Waals surface area contributed by atoms with Crippen molar-refractivity contribution in [2.75, 3.05) is 4.90 Å². The molecule has 10 aromatic carbocycles. The molecule has 11 aromatic rings. The van der Waals surface area contributed by atoms with Crippen molar-refractivity contribution in [2.45, 2.75) is 0 Å². The zero-order chi connectivity index (χ0) is 71.5. The van der Waals surface area contributed by atoms with Crippen LogP contribution in [0.2, 0.25) is 0 Å². The molecular formula is C56H38N2. The molecular weight excluding hydrogens is 701 g/mol. The first-order valence-corrected chi connectivity index (χ1v) is 16.8. The van der Waals surface area contributed by atoms with Gasteiger partial charge in [0.1, 0.15) is 0 Å². The van der Waals surface area contributed by atoms with E-state index in [0.29, 0.717) is 4.57 Å². The van der Waals surface area contributed by atoms with E-state index in [1.165, 1.54) is 0 Å². The van der Waals surface area contributed by atoms with Crippen LogP contribution in [0.25, 0.3) is 82.4 Å². The fourth-order valence-electron chi connectivity index (χ4n) is 6.42. The Morgan fingerprint density at radius 1 is 0.328 bits per heavy atom. The van der Waals surface area contributed by atoms with Gasteiger partial charge in [0.15, 0.2) is 0 Å². The van der Waals surface area contributed by atoms with E-state index in [1.54, 1.807) is 0 Å². The van der Waals surface area contributed by atoms with Gasteiger partial charge < -0.3 is 9.47 Å². The lowest BCUT2D eigenvalue weighted by molar-refractivity contribution is 1.18. The summed E-state index contributed by atoms with van der Waals surface area (Å²) in [5.74, 6) is 0. The molecule has 272 valence electrons. The Morgan fingerprint density at radius 3 is 1.41 bits per heavy atom. The van der Waals surface area contributed by atoms with Gasteiger partial charge in [-0.15, -0.1) is 0 Å². The molecule has 0 saturated heterocycles. The summed E-state index contributed by atoms with van der Waals surface area (Å²) in [6.45, 7) is 0. The van der Waals surface area contributed by atoms with Crippen LogP contribution in [0.5, 0.6) is 0 Å². The average molecular weight is 777 g/mol. The number of hydrogen-bond donors (Lipinski definition) is 0. The van der Waals surface area contributed by atoms with Gasteiger partial charge in [-0.25, -0.2) is 0 Å². The molecule has 0 aliphatic carbocycles. The SMILES string of the molecule is [2H]c1c([2H])c([2H])c(-n2c3c([2H])c([2H])c([2H])c([2H])c3c3c(-c4c([2H])c([2H])c([2H])c([2H])c4N(c4c([2H])c([2H])c(-c5c([2H])c([2H])c([2H])c6c([2H])c([2H])c([2H])c([2H])c56)c([2H])c4[2H])c4c([2H])c([2H])c(-c5c([2H])c([2H])c([2H])c6c([2H])c([2H])c([2H])c([2H])c56)c([2H])c4[2H])c([2H])c([2H])c([2H])c32)c([2H])c1[2H]. The first kappa shape index (κ1) is 12.7. The predicted molar refractivity (Wildman–Crippen MR) is 247 cm³/mol. The molecule has 0 aliphatic heterocycles. The van der Waals surface area contributed by atoms with Crippen molar-refractivity contribution in [3.63, 3.8) is 0 Å². The Morgan fingerprint density at radius 2 is 0.776 bits per heavy atom. The number of hydrogen-bond acceptors (Lipinski definition) is 1. The van der Waals surface area contributed by atoms with Crippen LogP contribution in [0.1, 0.15) is 52.1 Å². The molecule has 0 saturated carbocycles. The van der Waals surface area contributed by atoms with Gasteiger partial charge >= 0.3 is 0 Å². The third-order valence-corrected chi connectivity index (χ3v) is 8.87. The summed E-state index contributed by atoms with van der Waals surface area (Å²) in [6, 6.07) is -43.9. The summed E-state index contributed by atoms with van der Waals surface area (Å²) in [5.41, 5.74) is -13.1. The topological polar surface area (TPSA) is 8.17 Å². The van der Waals surface area contributed by atoms with E-state index in [1.807, 2.05) is 0 Å². The molecule has 0 spiro atoms. The van der Waals surface area contributed by atoms with E-state index in [-0.39, 0.29) is 4.90 Å². The van der Waals surface area contributed by atoms with Crippen molar-refractivity contribution in [1.29, 1.82) is 0 Å². The van der Waals surface area contributed by atoms with Crippen molar-refractivity contribution in [3.05, 3.63) is 230 Å². The van der Waals surface area contributed by atoms with Gasteiger partial charge in [-0.1, -0.05) is 175 Å². The monoisotopic (exact) mass is 777 g/mol. The third-order valence-electron chi connectivity index (χ3n) is 8.87. The molecule has 2 nitrogen and oxygen atoms in total. The summed E-state index contributed by atoms with van der Waals surface area (Å²) in [7, 11) is 0. The maximum absolute atomic E-state index is 9.96. The van der Waals surface area contributed by atoms with Crippen LogP contribution in [0.3, 0.4) is 0 Å².